The number of ether oxygens (including phenoxy) is 3. The van der Waals surface area contributed by atoms with Crippen LogP contribution in [0, 0.1) is 0 Å². The van der Waals surface area contributed by atoms with Crippen molar-refractivity contribution in [2.75, 3.05) is 33.0 Å². The van der Waals surface area contributed by atoms with Crippen LogP contribution in [0.15, 0.2) is 12.7 Å². The quantitative estimate of drug-likeness (QED) is 0.300. The van der Waals surface area contributed by atoms with Crippen molar-refractivity contribution in [1.29, 1.82) is 0 Å². The Morgan fingerprint density at radius 1 is 1.00 bits per heavy atom. The van der Waals surface area contributed by atoms with Gasteiger partial charge in [0.1, 0.15) is 6.61 Å². The minimum Gasteiger partial charge on any atom is -0.460 e. The van der Waals surface area contributed by atoms with Crippen LogP contribution in [0.1, 0.15) is 32.6 Å². The molecule has 0 N–H and O–H groups in total. The maximum atomic E-state index is 10.7. The molecule has 0 aliphatic heterocycles. The summed E-state index contributed by atoms with van der Waals surface area (Å²) in [5.41, 5.74) is 0. The van der Waals surface area contributed by atoms with E-state index in [0.29, 0.717) is 19.8 Å². The predicted molar refractivity (Wildman–Crippen MR) is 66.9 cm³/mol. The van der Waals surface area contributed by atoms with Gasteiger partial charge in [0.15, 0.2) is 0 Å². The molecular weight excluding hydrogens is 220 g/mol. The molecule has 0 saturated carbocycles. The lowest BCUT2D eigenvalue weighted by atomic mass is 10.2. The zero-order valence-corrected chi connectivity index (χ0v) is 10.8. The molecule has 0 aromatic rings. The summed E-state index contributed by atoms with van der Waals surface area (Å²) in [4.78, 5) is 10.7. The van der Waals surface area contributed by atoms with Crippen LogP contribution in [0.3, 0.4) is 0 Å². The molecule has 0 amide bonds. The lowest BCUT2D eigenvalue weighted by molar-refractivity contribution is -0.139. The fourth-order valence-corrected chi connectivity index (χ4v) is 1.21. The molecule has 0 aromatic heterocycles. The molecule has 0 radical (unpaired) electrons. The van der Waals surface area contributed by atoms with Crippen molar-refractivity contribution >= 4 is 5.97 Å². The standard InChI is InChI=1S/C13H24O4/c1-3-5-6-7-8-15-9-10-16-11-12-17-13(14)4-2/h4H,2-3,5-12H2,1H3. The van der Waals surface area contributed by atoms with E-state index >= 15 is 0 Å². The summed E-state index contributed by atoms with van der Waals surface area (Å²) in [5.74, 6) is -0.416. The molecule has 0 bridgehead atoms. The summed E-state index contributed by atoms with van der Waals surface area (Å²) >= 11 is 0. The van der Waals surface area contributed by atoms with Crippen LogP contribution in [-0.4, -0.2) is 39.0 Å². The van der Waals surface area contributed by atoms with Crippen molar-refractivity contribution in [3.63, 3.8) is 0 Å². The van der Waals surface area contributed by atoms with E-state index in [-0.39, 0.29) is 6.61 Å². The Balaban J connectivity index is 2.98. The van der Waals surface area contributed by atoms with Crippen LogP contribution in [-0.2, 0) is 19.0 Å². The fraction of sp³-hybridized carbons (Fsp3) is 0.769. The number of hydrogen-bond donors (Lipinski definition) is 0. The second-order valence-electron chi connectivity index (χ2n) is 3.66. The van der Waals surface area contributed by atoms with Gasteiger partial charge in [-0.05, 0) is 6.42 Å². The van der Waals surface area contributed by atoms with E-state index < -0.39 is 5.97 Å². The van der Waals surface area contributed by atoms with Gasteiger partial charge in [0, 0.05) is 12.7 Å². The van der Waals surface area contributed by atoms with E-state index in [9.17, 15) is 4.79 Å². The first-order valence-corrected chi connectivity index (χ1v) is 6.26. The molecular formula is C13H24O4. The normalized spacial score (nSPS) is 10.2. The molecule has 100 valence electrons. The molecule has 0 saturated heterocycles. The maximum Gasteiger partial charge on any atom is 0.330 e. The van der Waals surface area contributed by atoms with Gasteiger partial charge in [-0.1, -0.05) is 32.8 Å². The van der Waals surface area contributed by atoms with Crippen LogP contribution in [0.5, 0.6) is 0 Å². The summed E-state index contributed by atoms with van der Waals surface area (Å²) in [7, 11) is 0. The van der Waals surface area contributed by atoms with Gasteiger partial charge in [0.25, 0.3) is 0 Å². The first-order valence-electron chi connectivity index (χ1n) is 6.26. The summed E-state index contributed by atoms with van der Waals surface area (Å²) in [5, 5.41) is 0. The third-order valence-electron chi connectivity index (χ3n) is 2.15. The van der Waals surface area contributed by atoms with Gasteiger partial charge in [-0.15, -0.1) is 0 Å². The fourth-order valence-electron chi connectivity index (χ4n) is 1.21. The molecule has 0 unspecified atom stereocenters. The summed E-state index contributed by atoms with van der Waals surface area (Å²) in [6, 6.07) is 0. The second-order valence-corrected chi connectivity index (χ2v) is 3.66. The van der Waals surface area contributed by atoms with E-state index in [0.717, 1.165) is 19.1 Å². The molecule has 0 fully saturated rings. The molecule has 17 heavy (non-hydrogen) atoms. The second kappa shape index (κ2) is 13.2. The van der Waals surface area contributed by atoms with Crippen molar-refractivity contribution < 1.29 is 19.0 Å². The van der Waals surface area contributed by atoms with E-state index in [1.165, 1.54) is 19.3 Å². The molecule has 0 aliphatic rings. The zero-order chi connectivity index (χ0) is 12.8. The van der Waals surface area contributed by atoms with Crippen molar-refractivity contribution in [2.45, 2.75) is 32.6 Å². The third-order valence-corrected chi connectivity index (χ3v) is 2.15. The summed E-state index contributed by atoms with van der Waals surface area (Å²) in [6.45, 7) is 8.09. The number of rotatable bonds is 12. The van der Waals surface area contributed by atoms with E-state index in [1.807, 2.05) is 0 Å². The van der Waals surface area contributed by atoms with Crippen molar-refractivity contribution in [3.8, 4) is 0 Å². The summed E-state index contributed by atoms with van der Waals surface area (Å²) < 4.78 is 15.3. The molecule has 0 spiro atoms. The predicted octanol–water partition coefficient (Wildman–Crippen LogP) is 2.33. The van der Waals surface area contributed by atoms with E-state index in [4.69, 9.17) is 14.2 Å². The molecule has 0 aliphatic carbocycles. The minimum absolute atomic E-state index is 0.265. The zero-order valence-electron chi connectivity index (χ0n) is 10.8. The Hall–Kier alpha value is -0.870. The molecule has 0 rings (SSSR count). The highest BCUT2D eigenvalue weighted by Crippen LogP contribution is 1.98. The highest BCUT2D eigenvalue weighted by Gasteiger charge is 1.95. The number of carbonyl (C=O) groups excluding carboxylic acids is 1. The lowest BCUT2D eigenvalue weighted by Crippen LogP contribution is -2.11. The number of esters is 1. The lowest BCUT2D eigenvalue weighted by Gasteiger charge is -2.05. The highest BCUT2D eigenvalue weighted by molar-refractivity contribution is 5.81. The number of hydrogen-bond acceptors (Lipinski definition) is 4. The topological polar surface area (TPSA) is 44.8 Å². The van der Waals surface area contributed by atoms with Crippen LogP contribution >= 0.6 is 0 Å². The van der Waals surface area contributed by atoms with Gasteiger partial charge in [-0.2, -0.15) is 0 Å². The van der Waals surface area contributed by atoms with Gasteiger partial charge in [0.05, 0.1) is 19.8 Å². The van der Waals surface area contributed by atoms with Crippen LogP contribution in [0.4, 0.5) is 0 Å². The number of carbonyl (C=O) groups is 1. The Labute approximate surface area is 104 Å². The van der Waals surface area contributed by atoms with Crippen molar-refractivity contribution in [2.24, 2.45) is 0 Å². The van der Waals surface area contributed by atoms with Crippen LogP contribution < -0.4 is 0 Å². The Bertz CT molecular complexity index is 192. The first kappa shape index (κ1) is 16.1. The first-order chi connectivity index (χ1) is 8.31. The highest BCUT2D eigenvalue weighted by atomic mass is 16.6. The Morgan fingerprint density at radius 2 is 1.65 bits per heavy atom. The van der Waals surface area contributed by atoms with Gasteiger partial charge >= 0.3 is 5.97 Å². The van der Waals surface area contributed by atoms with Crippen LogP contribution in [0.25, 0.3) is 0 Å². The van der Waals surface area contributed by atoms with Gasteiger partial charge in [-0.25, -0.2) is 4.79 Å². The third kappa shape index (κ3) is 13.1. The van der Waals surface area contributed by atoms with Gasteiger partial charge < -0.3 is 14.2 Å². The van der Waals surface area contributed by atoms with Crippen molar-refractivity contribution in [1.82, 2.24) is 0 Å². The molecule has 4 heteroatoms. The Morgan fingerprint density at radius 3 is 2.29 bits per heavy atom. The molecule has 0 aromatic carbocycles. The van der Waals surface area contributed by atoms with Gasteiger partial charge in [-0.3, -0.25) is 0 Å². The smallest absolute Gasteiger partial charge is 0.330 e. The van der Waals surface area contributed by atoms with Crippen LogP contribution in [0.2, 0.25) is 0 Å². The van der Waals surface area contributed by atoms with E-state index in [2.05, 4.69) is 13.5 Å². The molecule has 0 heterocycles. The average Bonchev–Trinajstić information content (AvgIpc) is 2.35. The monoisotopic (exact) mass is 244 g/mol. The maximum absolute atomic E-state index is 10.7. The largest absolute Gasteiger partial charge is 0.460 e. The minimum atomic E-state index is -0.416. The Kier molecular flexibility index (Phi) is 12.5. The summed E-state index contributed by atoms with van der Waals surface area (Å²) in [6.07, 6.45) is 6.00. The van der Waals surface area contributed by atoms with Crippen molar-refractivity contribution in [3.05, 3.63) is 12.7 Å². The molecule has 4 nitrogen and oxygen atoms in total. The van der Waals surface area contributed by atoms with Gasteiger partial charge in [0.2, 0.25) is 0 Å². The SMILES string of the molecule is C=CC(=O)OCCOCCOCCCCCC. The molecule has 0 atom stereocenters. The van der Waals surface area contributed by atoms with E-state index in [1.54, 1.807) is 0 Å². The average molecular weight is 244 g/mol. The number of unbranched alkanes of at least 4 members (excludes halogenated alkanes) is 3.